The van der Waals surface area contributed by atoms with E-state index in [4.69, 9.17) is 9.84 Å². The molecule has 0 bridgehead atoms. The molecule has 0 aromatic heterocycles. The summed E-state index contributed by atoms with van der Waals surface area (Å²) in [7, 11) is 0. The Morgan fingerprint density at radius 2 is 2.00 bits per heavy atom. The van der Waals surface area contributed by atoms with E-state index in [-0.39, 0.29) is 5.60 Å². The molecule has 0 aliphatic heterocycles. The van der Waals surface area contributed by atoms with E-state index in [1.807, 2.05) is 39.0 Å². The van der Waals surface area contributed by atoms with Crippen LogP contribution in [0, 0.1) is 6.61 Å². The van der Waals surface area contributed by atoms with E-state index in [0.717, 1.165) is 29.9 Å². The average Bonchev–Trinajstić information content (AvgIpc) is 2.15. The molecule has 1 radical (unpaired) electrons. The van der Waals surface area contributed by atoms with Crippen LogP contribution in [0.2, 0.25) is 0 Å². The largest absolute Gasteiger partial charge is 0.488 e. The molecule has 1 rings (SSSR count). The van der Waals surface area contributed by atoms with Crippen molar-refractivity contribution in [1.29, 1.82) is 0 Å². The second-order valence-corrected chi connectivity index (χ2v) is 4.52. The molecule has 0 aliphatic carbocycles. The fourth-order valence-corrected chi connectivity index (χ4v) is 1.51. The van der Waals surface area contributed by atoms with Gasteiger partial charge in [0.1, 0.15) is 18.0 Å². The summed E-state index contributed by atoms with van der Waals surface area (Å²) in [5, 5.41) is 9.09. The van der Waals surface area contributed by atoms with Gasteiger partial charge < -0.3 is 9.84 Å². The standard InChI is InChI=1S/C13H19O2/c1-5-11-10(9-14)7-6-8-12(11)15-13(2,3)4/h6-9,14H,5H2,1-4H3. The maximum absolute atomic E-state index is 9.09. The van der Waals surface area contributed by atoms with Crippen molar-refractivity contribution in [2.45, 2.75) is 39.7 Å². The number of aliphatic hydroxyl groups is 1. The summed E-state index contributed by atoms with van der Waals surface area (Å²) in [5.74, 6) is 0.854. The van der Waals surface area contributed by atoms with Gasteiger partial charge >= 0.3 is 0 Å². The summed E-state index contributed by atoms with van der Waals surface area (Å²) in [6.45, 7) is 9.23. The number of ether oxygens (including phenoxy) is 1. The molecule has 2 nitrogen and oxygen atoms in total. The second kappa shape index (κ2) is 4.67. The molecular formula is C13H19O2. The van der Waals surface area contributed by atoms with Gasteiger partial charge in [0.2, 0.25) is 0 Å². The lowest BCUT2D eigenvalue weighted by molar-refractivity contribution is 0.129. The molecule has 0 saturated carbocycles. The molecule has 0 amide bonds. The molecule has 1 N–H and O–H groups in total. The van der Waals surface area contributed by atoms with Crippen molar-refractivity contribution >= 4 is 0 Å². The third kappa shape index (κ3) is 3.24. The highest BCUT2D eigenvalue weighted by Crippen LogP contribution is 2.27. The molecule has 83 valence electrons. The minimum absolute atomic E-state index is 0.210. The average molecular weight is 207 g/mol. The van der Waals surface area contributed by atoms with E-state index < -0.39 is 0 Å². The Morgan fingerprint density at radius 3 is 2.47 bits per heavy atom. The number of rotatable bonds is 3. The SMILES string of the molecule is CCc1c([CH]O)cccc1OC(C)(C)C. The summed E-state index contributed by atoms with van der Waals surface area (Å²) in [5.41, 5.74) is 1.67. The first-order valence-corrected chi connectivity index (χ1v) is 5.26. The van der Waals surface area contributed by atoms with Gasteiger partial charge in [0, 0.05) is 0 Å². The first-order chi connectivity index (χ1) is 6.98. The van der Waals surface area contributed by atoms with Gasteiger partial charge in [-0.3, -0.25) is 0 Å². The van der Waals surface area contributed by atoms with Gasteiger partial charge in [-0.2, -0.15) is 0 Å². The van der Waals surface area contributed by atoms with Crippen LogP contribution < -0.4 is 4.74 Å². The Balaban J connectivity index is 3.06. The van der Waals surface area contributed by atoms with Crippen molar-refractivity contribution in [2.24, 2.45) is 0 Å². The van der Waals surface area contributed by atoms with Gasteiger partial charge in [-0.15, -0.1) is 0 Å². The number of hydrogen-bond donors (Lipinski definition) is 1. The van der Waals surface area contributed by atoms with Crippen molar-refractivity contribution in [2.75, 3.05) is 0 Å². The molecular weight excluding hydrogens is 188 g/mol. The van der Waals surface area contributed by atoms with Crippen LogP contribution in [0.1, 0.15) is 38.8 Å². The molecule has 2 heteroatoms. The van der Waals surface area contributed by atoms with Gasteiger partial charge in [-0.1, -0.05) is 19.1 Å². The van der Waals surface area contributed by atoms with Crippen molar-refractivity contribution in [3.8, 4) is 5.75 Å². The Morgan fingerprint density at radius 1 is 1.33 bits per heavy atom. The van der Waals surface area contributed by atoms with Crippen molar-refractivity contribution in [3.63, 3.8) is 0 Å². The summed E-state index contributed by atoms with van der Waals surface area (Å²) >= 11 is 0. The van der Waals surface area contributed by atoms with E-state index in [1.54, 1.807) is 0 Å². The quantitative estimate of drug-likeness (QED) is 0.824. The molecule has 0 spiro atoms. The molecule has 1 aromatic carbocycles. The Kier molecular flexibility index (Phi) is 3.75. The Bertz CT molecular complexity index is 324. The second-order valence-electron chi connectivity index (χ2n) is 4.52. The first-order valence-electron chi connectivity index (χ1n) is 5.26. The first kappa shape index (κ1) is 12.1. The third-order valence-electron chi connectivity index (χ3n) is 2.08. The fraction of sp³-hybridized carbons (Fsp3) is 0.462. The molecule has 0 heterocycles. The van der Waals surface area contributed by atoms with E-state index in [0.29, 0.717) is 0 Å². The summed E-state index contributed by atoms with van der Waals surface area (Å²) in [6.07, 6.45) is 0.846. The van der Waals surface area contributed by atoms with Gasteiger partial charge in [-0.05, 0) is 44.4 Å². The van der Waals surface area contributed by atoms with Crippen LogP contribution >= 0.6 is 0 Å². The van der Waals surface area contributed by atoms with Crippen LogP contribution in [-0.4, -0.2) is 10.7 Å². The monoisotopic (exact) mass is 207 g/mol. The third-order valence-corrected chi connectivity index (χ3v) is 2.08. The van der Waals surface area contributed by atoms with Crippen LogP contribution in [-0.2, 0) is 6.42 Å². The Labute approximate surface area is 91.9 Å². The van der Waals surface area contributed by atoms with Gasteiger partial charge in [-0.25, -0.2) is 0 Å². The van der Waals surface area contributed by atoms with Crippen molar-refractivity contribution < 1.29 is 9.84 Å². The van der Waals surface area contributed by atoms with E-state index in [1.165, 1.54) is 0 Å². The molecule has 0 atom stereocenters. The summed E-state index contributed by atoms with van der Waals surface area (Å²) in [4.78, 5) is 0. The molecule has 0 fully saturated rings. The molecule has 0 aliphatic rings. The predicted octanol–water partition coefficient (Wildman–Crippen LogP) is 3.31. The minimum atomic E-state index is -0.210. The zero-order valence-electron chi connectivity index (χ0n) is 9.87. The zero-order valence-corrected chi connectivity index (χ0v) is 9.87. The summed E-state index contributed by atoms with van der Waals surface area (Å²) < 4.78 is 5.84. The highest BCUT2D eigenvalue weighted by molar-refractivity contribution is 5.43. The highest BCUT2D eigenvalue weighted by Gasteiger charge is 2.15. The van der Waals surface area contributed by atoms with Gasteiger partial charge in [0.05, 0.1) is 0 Å². The maximum atomic E-state index is 9.09. The smallest absolute Gasteiger partial charge is 0.123 e. The number of benzene rings is 1. The Hall–Kier alpha value is -1.02. The molecule has 15 heavy (non-hydrogen) atoms. The number of aliphatic hydroxyl groups excluding tert-OH is 1. The summed E-state index contributed by atoms with van der Waals surface area (Å²) in [6, 6.07) is 5.72. The lowest BCUT2D eigenvalue weighted by Gasteiger charge is -2.24. The van der Waals surface area contributed by atoms with E-state index in [2.05, 4.69) is 6.92 Å². The predicted molar refractivity (Wildman–Crippen MR) is 61.5 cm³/mol. The van der Waals surface area contributed by atoms with Crippen LogP contribution in [0.4, 0.5) is 0 Å². The van der Waals surface area contributed by atoms with Crippen molar-refractivity contribution in [1.82, 2.24) is 0 Å². The van der Waals surface area contributed by atoms with Gasteiger partial charge in [0.15, 0.2) is 0 Å². The lowest BCUT2D eigenvalue weighted by Crippen LogP contribution is -2.23. The van der Waals surface area contributed by atoms with Crippen LogP contribution in [0.5, 0.6) is 5.75 Å². The normalized spacial score (nSPS) is 11.5. The van der Waals surface area contributed by atoms with E-state index >= 15 is 0 Å². The highest BCUT2D eigenvalue weighted by atomic mass is 16.5. The van der Waals surface area contributed by atoms with Crippen LogP contribution in [0.25, 0.3) is 0 Å². The molecule has 1 aromatic rings. The van der Waals surface area contributed by atoms with Crippen LogP contribution in [0.15, 0.2) is 18.2 Å². The minimum Gasteiger partial charge on any atom is -0.488 e. The molecule has 0 unspecified atom stereocenters. The number of hydrogen-bond acceptors (Lipinski definition) is 2. The fourth-order valence-electron chi connectivity index (χ4n) is 1.51. The van der Waals surface area contributed by atoms with Crippen LogP contribution in [0.3, 0.4) is 0 Å². The lowest BCUT2D eigenvalue weighted by atomic mass is 10.0. The topological polar surface area (TPSA) is 29.5 Å². The molecule has 0 saturated heterocycles. The van der Waals surface area contributed by atoms with Gasteiger partial charge in [0.25, 0.3) is 0 Å². The zero-order chi connectivity index (χ0) is 11.5. The van der Waals surface area contributed by atoms with Crippen molar-refractivity contribution in [3.05, 3.63) is 35.9 Å². The maximum Gasteiger partial charge on any atom is 0.123 e. The van der Waals surface area contributed by atoms with E-state index in [9.17, 15) is 0 Å².